The number of oxazole rings is 1. The quantitative estimate of drug-likeness (QED) is 0.308. The van der Waals surface area contributed by atoms with E-state index >= 15 is 0 Å². The molecule has 4 nitrogen and oxygen atoms in total. The van der Waals surface area contributed by atoms with Crippen molar-refractivity contribution in [2.45, 2.75) is 45.1 Å². The van der Waals surface area contributed by atoms with Crippen molar-refractivity contribution in [3.8, 4) is 11.1 Å². The van der Waals surface area contributed by atoms with Crippen LogP contribution in [0.4, 0.5) is 8.78 Å². The molecule has 1 aliphatic heterocycles. The second kappa shape index (κ2) is 9.37. The summed E-state index contributed by atoms with van der Waals surface area (Å²) >= 11 is 0. The van der Waals surface area contributed by atoms with Crippen molar-refractivity contribution in [2.24, 2.45) is 0 Å². The van der Waals surface area contributed by atoms with E-state index in [1.54, 1.807) is 18.2 Å². The SMILES string of the molecule is CCCCc1ccc(C(=O)N2CCCC2c2nc3cc(-c4ccc(F)cc4F)ccc3o2)cc1. The molecule has 0 N–H and O–H groups in total. The number of hydrogen-bond donors (Lipinski definition) is 0. The molecule has 1 aromatic heterocycles. The molecule has 1 saturated heterocycles. The van der Waals surface area contributed by atoms with Crippen LogP contribution in [0.1, 0.15) is 60.5 Å². The maximum absolute atomic E-state index is 14.2. The molecule has 6 heteroatoms. The fourth-order valence-electron chi connectivity index (χ4n) is 4.61. The molecule has 0 aliphatic carbocycles. The first-order valence-corrected chi connectivity index (χ1v) is 11.8. The molecular weight excluding hydrogens is 434 g/mol. The number of unbranched alkanes of at least 4 members (excludes halogenated alkanes) is 1. The van der Waals surface area contributed by atoms with Crippen molar-refractivity contribution in [3.05, 3.63) is 89.3 Å². The second-order valence-corrected chi connectivity index (χ2v) is 8.82. The normalized spacial score (nSPS) is 15.9. The van der Waals surface area contributed by atoms with Crippen LogP contribution >= 0.6 is 0 Å². The molecule has 3 aromatic carbocycles. The Hall–Kier alpha value is -3.54. The third-order valence-corrected chi connectivity index (χ3v) is 6.46. The van der Waals surface area contributed by atoms with E-state index in [1.807, 2.05) is 29.2 Å². The van der Waals surface area contributed by atoms with Gasteiger partial charge in [0.2, 0.25) is 5.89 Å². The van der Waals surface area contributed by atoms with Crippen molar-refractivity contribution >= 4 is 17.0 Å². The molecule has 1 atom stereocenters. The minimum atomic E-state index is -0.628. The minimum absolute atomic E-state index is 0.0270. The molecule has 5 rings (SSSR count). The standard InChI is InChI=1S/C28H26F2N2O2/c1-2-3-5-18-7-9-19(10-8-18)28(33)32-15-4-6-25(32)27-31-24-16-20(11-14-26(24)34-27)22-13-12-21(29)17-23(22)30/h7-14,16-17,25H,2-6,15H2,1H3. The number of benzene rings is 3. The topological polar surface area (TPSA) is 46.3 Å². The first-order valence-electron chi connectivity index (χ1n) is 11.8. The molecule has 1 fully saturated rings. The van der Waals surface area contributed by atoms with E-state index in [1.165, 1.54) is 17.7 Å². The van der Waals surface area contributed by atoms with Gasteiger partial charge in [0, 0.05) is 23.7 Å². The zero-order valence-corrected chi connectivity index (χ0v) is 19.1. The Morgan fingerprint density at radius 3 is 2.68 bits per heavy atom. The van der Waals surface area contributed by atoms with Gasteiger partial charge in [-0.1, -0.05) is 31.5 Å². The highest BCUT2D eigenvalue weighted by molar-refractivity contribution is 5.94. The summed E-state index contributed by atoms with van der Waals surface area (Å²) in [4.78, 5) is 19.7. The minimum Gasteiger partial charge on any atom is -0.438 e. The Morgan fingerprint density at radius 1 is 1.09 bits per heavy atom. The molecule has 34 heavy (non-hydrogen) atoms. The van der Waals surface area contributed by atoms with Gasteiger partial charge in [0.1, 0.15) is 23.2 Å². The van der Waals surface area contributed by atoms with Crippen LogP contribution in [0.2, 0.25) is 0 Å². The van der Waals surface area contributed by atoms with Gasteiger partial charge in [-0.3, -0.25) is 4.79 Å². The lowest BCUT2D eigenvalue weighted by Gasteiger charge is -2.22. The van der Waals surface area contributed by atoms with Crippen LogP contribution in [-0.2, 0) is 6.42 Å². The van der Waals surface area contributed by atoms with Crippen LogP contribution in [0, 0.1) is 11.6 Å². The number of aryl methyl sites for hydroxylation is 1. The lowest BCUT2D eigenvalue weighted by atomic mass is 10.0. The number of hydrogen-bond acceptors (Lipinski definition) is 3. The molecule has 1 unspecified atom stereocenters. The van der Waals surface area contributed by atoms with E-state index < -0.39 is 11.6 Å². The lowest BCUT2D eigenvalue weighted by molar-refractivity contribution is 0.0717. The number of nitrogens with zero attached hydrogens (tertiary/aromatic N) is 2. The number of aromatic nitrogens is 1. The summed E-state index contributed by atoms with van der Waals surface area (Å²) in [5.41, 5.74) is 3.94. The highest BCUT2D eigenvalue weighted by atomic mass is 19.1. The molecule has 2 heterocycles. The van der Waals surface area contributed by atoms with Gasteiger partial charge in [-0.15, -0.1) is 0 Å². The number of rotatable bonds is 6. The van der Waals surface area contributed by atoms with Gasteiger partial charge in [0.25, 0.3) is 5.91 Å². The Bertz CT molecular complexity index is 1330. The third-order valence-electron chi connectivity index (χ3n) is 6.46. The maximum Gasteiger partial charge on any atom is 0.254 e. The summed E-state index contributed by atoms with van der Waals surface area (Å²) in [6.07, 6.45) is 4.93. The van der Waals surface area contributed by atoms with E-state index in [0.29, 0.717) is 40.2 Å². The number of likely N-dealkylation sites (tertiary alicyclic amines) is 1. The Kier molecular flexibility index (Phi) is 6.14. The van der Waals surface area contributed by atoms with Crippen LogP contribution in [0.3, 0.4) is 0 Å². The smallest absolute Gasteiger partial charge is 0.254 e. The molecule has 4 aromatic rings. The molecule has 0 bridgehead atoms. The largest absolute Gasteiger partial charge is 0.438 e. The van der Waals surface area contributed by atoms with E-state index in [4.69, 9.17) is 4.42 Å². The number of amides is 1. The van der Waals surface area contributed by atoms with Gasteiger partial charge in [-0.05, 0) is 73.2 Å². The molecular formula is C28H26F2N2O2. The summed E-state index contributed by atoms with van der Waals surface area (Å²) in [5, 5.41) is 0. The zero-order valence-electron chi connectivity index (χ0n) is 19.1. The monoisotopic (exact) mass is 460 g/mol. The predicted octanol–water partition coefficient (Wildman–Crippen LogP) is 7.09. The zero-order chi connectivity index (χ0) is 23.7. The molecule has 0 saturated carbocycles. The molecule has 1 amide bonds. The summed E-state index contributed by atoms with van der Waals surface area (Å²) in [7, 11) is 0. The summed E-state index contributed by atoms with van der Waals surface area (Å²) < 4.78 is 33.5. The van der Waals surface area contributed by atoms with E-state index in [-0.39, 0.29) is 11.9 Å². The Morgan fingerprint density at radius 2 is 1.91 bits per heavy atom. The first kappa shape index (κ1) is 22.3. The molecule has 1 aliphatic rings. The fraction of sp³-hybridized carbons (Fsp3) is 0.286. The third kappa shape index (κ3) is 4.32. The van der Waals surface area contributed by atoms with Gasteiger partial charge in [-0.25, -0.2) is 13.8 Å². The predicted molar refractivity (Wildman–Crippen MR) is 127 cm³/mol. The van der Waals surface area contributed by atoms with Crippen LogP contribution in [-0.4, -0.2) is 22.3 Å². The van der Waals surface area contributed by atoms with E-state index in [0.717, 1.165) is 38.2 Å². The Labute approximate surface area is 197 Å². The van der Waals surface area contributed by atoms with Crippen molar-refractivity contribution in [1.82, 2.24) is 9.88 Å². The van der Waals surface area contributed by atoms with Gasteiger partial charge in [0.05, 0.1) is 0 Å². The maximum atomic E-state index is 14.2. The average Bonchev–Trinajstić information content (AvgIpc) is 3.49. The van der Waals surface area contributed by atoms with Crippen molar-refractivity contribution in [1.29, 1.82) is 0 Å². The van der Waals surface area contributed by atoms with E-state index in [2.05, 4.69) is 11.9 Å². The van der Waals surface area contributed by atoms with Gasteiger partial charge >= 0.3 is 0 Å². The van der Waals surface area contributed by atoms with Crippen molar-refractivity contribution < 1.29 is 18.0 Å². The average molecular weight is 461 g/mol. The van der Waals surface area contributed by atoms with E-state index in [9.17, 15) is 13.6 Å². The van der Waals surface area contributed by atoms with Crippen LogP contribution in [0.5, 0.6) is 0 Å². The fourth-order valence-corrected chi connectivity index (χ4v) is 4.61. The lowest BCUT2D eigenvalue weighted by Crippen LogP contribution is -2.30. The number of fused-ring (bicyclic) bond motifs is 1. The number of halogens is 2. The molecule has 0 radical (unpaired) electrons. The van der Waals surface area contributed by atoms with Crippen LogP contribution in [0.15, 0.2) is 65.1 Å². The molecule has 174 valence electrons. The Balaban J connectivity index is 1.39. The summed E-state index contributed by atoms with van der Waals surface area (Å²) in [6, 6.07) is 16.3. The van der Waals surface area contributed by atoms with Crippen molar-refractivity contribution in [3.63, 3.8) is 0 Å². The van der Waals surface area contributed by atoms with Gasteiger partial charge in [-0.2, -0.15) is 0 Å². The molecule has 0 spiro atoms. The second-order valence-electron chi connectivity index (χ2n) is 8.82. The van der Waals surface area contributed by atoms with Gasteiger partial charge < -0.3 is 9.32 Å². The van der Waals surface area contributed by atoms with Crippen molar-refractivity contribution in [2.75, 3.05) is 6.54 Å². The summed E-state index contributed by atoms with van der Waals surface area (Å²) in [6.45, 7) is 2.81. The highest BCUT2D eigenvalue weighted by Gasteiger charge is 2.34. The van der Waals surface area contributed by atoms with Gasteiger partial charge in [0.15, 0.2) is 5.58 Å². The first-order chi connectivity index (χ1) is 16.5. The highest BCUT2D eigenvalue weighted by Crippen LogP contribution is 2.35. The summed E-state index contributed by atoms with van der Waals surface area (Å²) in [5.74, 6) is -0.790. The number of carbonyl (C=O) groups excluding carboxylic acids is 1. The van der Waals surface area contributed by atoms with Crippen LogP contribution in [0.25, 0.3) is 22.2 Å². The number of carbonyl (C=O) groups is 1. The van der Waals surface area contributed by atoms with Crippen LogP contribution < -0.4 is 0 Å².